The summed E-state index contributed by atoms with van der Waals surface area (Å²) in [4.78, 5) is 4.86. The molecule has 0 N–H and O–H groups in total. The monoisotopic (exact) mass is 338 g/mol. The van der Waals surface area contributed by atoms with Crippen LogP contribution in [0.4, 0.5) is 0 Å². The standard InChI is InChI=1S/C18H24Cl2N2/c1-11(2)21-7-13-5-18(20)16-10-22(12(3)4)8-14(16)6-17(19)15(13)9-21/h5-6,11-12H,7-10H2,1-4H3/b13-5?,14-6?,17-6+,17-15?,18-5+,18-16?. The zero-order valence-electron chi connectivity index (χ0n) is 13.8. The molecule has 0 amide bonds. The van der Waals surface area contributed by atoms with Crippen molar-refractivity contribution < 1.29 is 0 Å². The second-order valence-electron chi connectivity index (χ2n) is 6.99. The minimum atomic E-state index is 0.515. The van der Waals surface area contributed by atoms with Crippen LogP contribution in [-0.4, -0.2) is 48.1 Å². The van der Waals surface area contributed by atoms with E-state index in [1.165, 1.54) is 22.3 Å². The van der Waals surface area contributed by atoms with Crippen LogP contribution in [0.2, 0.25) is 0 Å². The summed E-state index contributed by atoms with van der Waals surface area (Å²) in [6.45, 7) is 12.6. The molecule has 22 heavy (non-hydrogen) atoms. The van der Waals surface area contributed by atoms with Crippen molar-refractivity contribution in [1.82, 2.24) is 9.80 Å². The van der Waals surface area contributed by atoms with E-state index in [2.05, 4.69) is 49.6 Å². The van der Waals surface area contributed by atoms with Gasteiger partial charge in [-0.15, -0.1) is 0 Å². The molecule has 0 bridgehead atoms. The molecule has 0 radical (unpaired) electrons. The molecular weight excluding hydrogens is 315 g/mol. The van der Waals surface area contributed by atoms with Gasteiger partial charge in [-0.3, -0.25) is 9.80 Å². The number of nitrogens with zero attached hydrogens (tertiary/aromatic N) is 2. The highest BCUT2D eigenvalue weighted by Gasteiger charge is 2.30. The van der Waals surface area contributed by atoms with Crippen molar-refractivity contribution in [3.8, 4) is 0 Å². The SMILES string of the molecule is CC(C)N1CC2=C(C1)C(/Cl)=C\C1=C(CN(C(C)C)C1)C(/Cl)=C\2. The Labute approximate surface area is 143 Å². The fourth-order valence-electron chi connectivity index (χ4n) is 3.28. The van der Waals surface area contributed by atoms with Gasteiger partial charge < -0.3 is 0 Å². The van der Waals surface area contributed by atoms with Crippen LogP contribution in [0.3, 0.4) is 0 Å². The van der Waals surface area contributed by atoms with Crippen LogP contribution in [0.1, 0.15) is 27.7 Å². The lowest BCUT2D eigenvalue weighted by atomic mass is 10.0. The van der Waals surface area contributed by atoms with Gasteiger partial charge in [0.05, 0.1) is 0 Å². The molecule has 0 spiro atoms. The molecule has 1 aliphatic carbocycles. The molecular formula is C18H24Cl2N2. The first-order valence-corrected chi connectivity index (χ1v) is 8.79. The van der Waals surface area contributed by atoms with Gasteiger partial charge in [0.25, 0.3) is 0 Å². The van der Waals surface area contributed by atoms with Crippen molar-refractivity contribution in [2.75, 3.05) is 26.2 Å². The number of hydrogen-bond acceptors (Lipinski definition) is 2. The maximum Gasteiger partial charge on any atom is 0.0457 e. The zero-order valence-corrected chi connectivity index (χ0v) is 15.3. The topological polar surface area (TPSA) is 6.48 Å². The third-order valence-electron chi connectivity index (χ3n) is 4.88. The Morgan fingerprint density at radius 1 is 0.727 bits per heavy atom. The molecule has 4 heteroatoms. The molecule has 0 fully saturated rings. The van der Waals surface area contributed by atoms with Gasteiger partial charge in [0.2, 0.25) is 0 Å². The first-order chi connectivity index (χ1) is 10.4. The predicted molar refractivity (Wildman–Crippen MR) is 95.3 cm³/mol. The third kappa shape index (κ3) is 2.94. The molecule has 3 rings (SSSR count). The molecule has 3 aliphatic rings. The molecule has 0 saturated heterocycles. The van der Waals surface area contributed by atoms with Gasteiger partial charge >= 0.3 is 0 Å². The van der Waals surface area contributed by atoms with E-state index in [1.807, 2.05) is 0 Å². The molecule has 0 saturated carbocycles. The predicted octanol–water partition coefficient (Wildman–Crippen LogP) is 4.29. The van der Waals surface area contributed by atoms with Crippen LogP contribution in [0.25, 0.3) is 0 Å². The molecule has 0 aromatic rings. The Bertz CT molecular complexity index is 555. The minimum Gasteiger partial charge on any atom is -0.292 e. The number of rotatable bonds is 2. The minimum absolute atomic E-state index is 0.515. The Morgan fingerprint density at radius 3 is 1.41 bits per heavy atom. The van der Waals surface area contributed by atoms with E-state index in [0.717, 1.165) is 36.2 Å². The van der Waals surface area contributed by atoms with Crippen LogP contribution in [0.5, 0.6) is 0 Å². The fourth-order valence-corrected chi connectivity index (χ4v) is 3.91. The van der Waals surface area contributed by atoms with Gasteiger partial charge in [-0.1, -0.05) is 23.2 Å². The van der Waals surface area contributed by atoms with Gasteiger partial charge in [-0.05, 0) is 62.1 Å². The molecule has 2 aliphatic heterocycles. The number of halogens is 2. The van der Waals surface area contributed by atoms with Crippen LogP contribution in [-0.2, 0) is 0 Å². The second kappa shape index (κ2) is 6.16. The summed E-state index contributed by atoms with van der Waals surface area (Å²) < 4.78 is 0. The average molecular weight is 339 g/mol. The van der Waals surface area contributed by atoms with Crippen LogP contribution in [0.15, 0.2) is 44.5 Å². The summed E-state index contributed by atoms with van der Waals surface area (Å²) >= 11 is 13.3. The maximum absolute atomic E-state index is 6.66. The normalized spacial score (nSPS) is 28.5. The Balaban J connectivity index is 1.93. The van der Waals surface area contributed by atoms with Crippen molar-refractivity contribution >= 4 is 23.2 Å². The molecule has 2 heterocycles. The summed E-state index contributed by atoms with van der Waals surface area (Å²) in [5.74, 6) is 0. The first kappa shape index (κ1) is 16.3. The van der Waals surface area contributed by atoms with E-state index in [-0.39, 0.29) is 0 Å². The molecule has 0 aromatic carbocycles. The molecule has 2 nitrogen and oxygen atoms in total. The van der Waals surface area contributed by atoms with Crippen LogP contribution in [0, 0.1) is 0 Å². The van der Waals surface area contributed by atoms with Crippen molar-refractivity contribution in [1.29, 1.82) is 0 Å². The van der Waals surface area contributed by atoms with E-state index in [4.69, 9.17) is 23.2 Å². The highest BCUT2D eigenvalue weighted by Crippen LogP contribution is 2.37. The quantitative estimate of drug-likeness (QED) is 0.741. The van der Waals surface area contributed by atoms with Crippen molar-refractivity contribution in [3.63, 3.8) is 0 Å². The van der Waals surface area contributed by atoms with E-state index in [0.29, 0.717) is 12.1 Å². The van der Waals surface area contributed by atoms with E-state index >= 15 is 0 Å². The van der Waals surface area contributed by atoms with Gasteiger partial charge in [0, 0.05) is 48.3 Å². The van der Waals surface area contributed by atoms with E-state index in [9.17, 15) is 0 Å². The molecule has 0 aromatic heterocycles. The summed E-state index contributed by atoms with van der Waals surface area (Å²) in [7, 11) is 0. The van der Waals surface area contributed by atoms with E-state index < -0.39 is 0 Å². The highest BCUT2D eigenvalue weighted by atomic mass is 35.5. The summed E-state index contributed by atoms with van der Waals surface area (Å²) in [6.07, 6.45) is 4.29. The van der Waals surface area contributed by atoms with Crippen molar-refractivity contribution in [2.45, 2.75) is 39.8 Å². The van der Waals surface area contributed by atoms with Crippen molar-refractivity contribution in [3.05, 3.63) is 44.5 Å². The lowest BCUT2D eigenvalue weighted by Crippen LogP contribution is -2.29. The first-order valence-electron chi connectivity index (χ1n) is 8.04. The summed E-state index contributed by atoms with van der Waals surface area (Å²) in [6, 6.07) is 1.03. The smallest absolute Gasteiger partial charge is 0.0457 e. The molecule has 120 valence electrons. The summed E-state index contributed by atoms with van der Waals surface area (Å²) in [5.41, 5.74) is 5.02. The Kier molecular flexibility index (Phi) is 4.57. The molecule has 0 unspecified atom stereocenters. The average Bonchev–Trinajstić information content (AvgIpc) is 3.01. The highest BCUT2D eigenvalue weighted by molar-refractivity contribution is 6.34. The molecule has 0 atom stereocenters. The van der Waals surface area contributed by atoms with E-state index in [1.54, 1.807) is 0 Å². The lowest BCUT2D eigenvalue weighted by molar-refractivity contribution is 0.281. The zero-order chi connectivity index (χ0) is 16.0. The van der Waals surface area contributed by atoms with Gasteiger partial charge in [0.1, 0.15) is 0 Å². The third-order valence-corrected chi connectivity index (χ3v) is 5.56. The Morgan fingerprint density at radius 2 is 1.09 bits per heavy atom. The van der Waals surface area contributed by atoms with Crippen molar-refractivity contribution in [2.24, 2.45) is 0 Å². The van der Waals surface area contributed by atoms with Crippen LogP contribution < -0.4 is 0 Å². The fraction of sp³-hybridized carbons (Fsp3) is 0.556. The second-order valence-corrected chi connectivity index (χ2v) is 7.80. The largest absolute Gasteiger partial charge is 0.292 e. The maximum atomic E-state index is 6.66. The van der Waals surface area contributed by atoms with Gasteiger partial charge in [-0.25, -0.2) is 0 Å². The van der Waals surface area contributed by atoms with Gasteiger partial charge in [0.15, 0.2) is 0 Å². The Hall–Kier alpha value is -0.540. The lowest BCUT2D eigenvalue weighted by Gasteiger charge is -2.21. The number of hydrogen-bond donors (Lipinski definition) is 0. The summed E-state index contributed by atoms with van der Waals surface area (Å²) in [5, 5.41) is 1.77. The van der Waals surface area contributed by atoms with Gasteiger partial charge in [-0.2, -0.15) is 0 Å². The van der Waals surface area contributed by atoms with Crippen LogP contribution >= 0.6 is 23.2 Å².